The summed E-state index contributed by atoms with van der Waals surface area (Å²) in [5.74, 6) is -0.191. The van der Waals surface area contributed by atoms with Gasteiger partial charge in [-0.2, -0.15) is 0 Å². The van der Waals surface area contributed by atoms with Gasteiger partial charge in [0.1, 0.15) is 5.82 Å². The summed E-state index contributed by atoms with van der Waals surface area (Å²) in [5, 5.41) is 2.80. The predicted molar refractivity (Wildman–Crippen MR) is 70.5 cm³/mol. The summed E-state index contributed by atoms with van der Waals surface area (Å²) in [6.45, 7) is 4.50. The highest BCUT2D eigenvalue weighted by molar-refractivity contribution is 5.81. The van der Waals surface area contributed by atoms with Gasteiger partial charge in [0.25, 0.3) is 0 Å². The smallest absolute Gasteiger partial charge is 0.237 e. The quantitative estimate of drug-likeness (QED) is 0.812. The van der Waals surface area contributed by atoms with E-state index in [4.69, 9.17) is 5.73 Å². The van der Waals surface area contributed by atoms with Gasteiger partial charge in [-0.1, -0.05) is 32.4 Å². The van der Waals surface area contributed by atoms with Crippen LogP contribution in [0.1, 0.15) is 25.8 Å². The Morgan fingerprint density at radius 3 is 2.56 bits per heavy atom. The Hall–Kier alpha value is -1.42. The fraction of sp³-hybridized carbons (Fsp3) is 0.500. The van der Waals surface area contributed by atoms with E-state index in [1.807, 2.05) is 13.8 Å². The highest BCUT2D eigenvalue weighted by Gasteiger charge is 2.18. The van der Waals surface area contributed by atoms with E-state index in [1.165, 1.54) is 12.1 Å². The average Bonchev–Trinajstić information content (AvgIpc) is 2.39. The molecular formula is C14H21FN2O. The topological polar surface area (TPSA) is 55.1 Å². The number of amides is 1. The zero-order valence-corrected chi connectivity index (χ0v) is 10.9. The Morgan fingerprint density at radius 1 is 1.39 bits per heavy atom. The van der Waals surface area contributed by atoms with Gasteiger partial charge in [-0.15, -0.1) is 0 Å². The summed E-state index contributed by atoms with van der Waals surface area (Å²) in [5.41, 5.74) is 6.80. The summed E-state index contributed by atoms with van der Waals surface area (Å²) in [6.07, 6.45) is 1.56. The third kappa shape index (κ3) is 4.45. The maximum atomic E-state index is 12.7. The number of halogens is 1. The molecule has 1 rings (SSSR count). The zero-order chi connectivity index (χ0) is 13.5. The number of carbonyl (C=O) groups is 1. The number of hydrogen-bond acceptors (Lipinski definition) is 2. The van der Waals surface area contributed by atoms with Gasteiger partial charge in [-0.3, -0.25) is 4.79 Å². The van der Waals surface area contributed by atoms with Gasteiger partial charge in [0, 0.05) is 6.54 Å². The Labute approximate surface area is 108 Å². The number of hydrogen-bond donors (Lipinski definition) is 2. The van der Waals surface area contributed by atoms with E-state index in [9.17, 15) is 9.18 Å². The van der Waals surface area contributed by atoms with Crippen LogP contribution in [0.25, 0.3) is 0 Å². The molecule has 0 saturated carbocycles. The summed E-state index contributed by atoms with van der Waals surface area (Å²) < 4.78 is 12.7. The van der Waals surface area contributed by atoms with Crippen molar-refractivity contribution < 1.29 is 9.18 Å². The fourth-order valence-electron chi connectivity index (χ4n) is 1.61. The van der Waals surface area contributed by atoms with Crippen molar-refractivity contribution in [2.45, 2.75) is 32.7 Å². The van der Waals surface area contributed by atoms with Crippen LogP contribution in [0.15, 0.2) is 24.3 Å². The predicted octanol–water partition coefficient (Wildman–Crippen LogP) is 1.86. The van der Waals surface area contributed by atoms with Crippen LogP contribution < -0.4 is 11.1 Å². The molecule has 3 nitrogen and oxygen atoms in total. The highest BCUT2D eigenvalue weighted by atomic mass is 19.1. The van der Waals surface area contributed by atoms with Crippen molar-refractivity contribution in [3.8, 4) is 0 Å². The van der Waals surface area contributed by atoms with Crippen molar-refractivity contribution in [1.29, 1.82) is 0 Å². The minimum atomic E-state index is -0.455. The van der Waals surface area contributed by atoms with Crippen molar-refractivity contribution in [1.82, 2.24) is 5.32 Å². The molecule has 1 aromatic carbocycles. The Kier molecular flexibility index (Phi) is 5.78. The fourth-order valence-corrected chi connectivity index (χ4v) is 1.61. The van der Waals surface area contributed by atoms with Crippen molar-refractivity contribution in [3.05, 3.63) is 35.6 Å². The zero-order valence-electron chi connectivity index (χ0n) is 10.9. The largest absolute Gasteiger partial charge is 0.354 e. The monoisotopic (exact) mass is 252 g/mol. The molecule has 0 radical (unpaired) electrons. The molecule has 0 aliphatic carbocycles. The van der Waals surface area contributed by atoms with Gasteiger partial charge in [0.2, 0.25) is 5.91 Å². The van der Waals surface area contributed by atoms with Crippen molar-refractivity contribution in [3.63, 3.8) is 0 Å². The molecule has 0 heterocycles. The van der Waals surface area contributed by atoms with Crippen LogP contribution in [0.3, 0.4) is 0 Å². The van der Waals surface area contributed by atoms with E-state index < -0.39 is 6.04 Å². The summed E-state index contributed by atoms with van der Waals surface area (Å²) in [6, 6.07) is 5.82. The first-order valence-electron chi connectivity index (χ1n) is 6.32. The minimum absolute atomic E-state index is 0.119. The molecule has 2 atom stereocenters. The third-order valence-corrected chi connectivity index (χ3v) is 3.19. The van der Waals surface area contributed by atoms with Crippen LogP contribution in [0, 0.1) is 11.7 Å². The highest BCUT2D eigenvalue weighted by Crippen LogP contribution is 2.05. The molecule has 0 unspecified atom stereocenters. The minimum Gasteiger partial charge on any atom is -0.354 e. The lowest BCUT2D eigenvalue weighted by Crippen LogP contribution is -2.45. The van der Waals surface area contributed by atoms with Crippen LogP contribution >= 0.6 is 0 Å². The van der Waals surface area contributed by atoms with Gasteiger partial charge in [0.05, 0.1) is 6.04 Å². The average molecular weight is 252 g/mol. The molecule has 0 aliphatic heterocycles. The van der Waals surface area contributed by atoms with Crippen LogP contribution in [-0.4, -0.2) is 18.5 Å². The van der Waals surface area contributed by atoms with E-state index in [0.717, 1.165) is 12.0 Å². The van der Waals surface area contributed by atoms with Gasteiger partial charge < -0.3 is 11.1 Å². The van der Waals surface area contributed by atoms with E-state index in [1.54, 1.807) is 12.1 Å². The van der Waals surface area contributed by atoms with Gasteiger partial charge in [0.15, 0.2) is 0 Å². The summed E-state index contributed by atoms with van der Waals surface area (Å²) in [7, 11) is 0. The number of carbonyl (C=O) groups excluding carboxylic acids is 1. The Morgan fingerprint density at radius 2 is 2.00 bits per heavy atom. The van der Waals surface area contributed by atoms with E-state index >= 15 is 0 Å². The van der Waals surface area contributed by atoms with Crippen molar-refractivity contribution >= 4 is 5.91 Å². The molecule has 1 aromatic rings. The molecule has 0 aromatic heterocycles. The number of benzene rings is 1. The number of rotatable bonds is 6. The Bertz CT molecular complexity index is 378. The summed E-state index contributed by atoms with van der Waals surface area (Å²) in [4.78, 5) is 11.7. The van der Waals surface area contributed by atoms with Crippen LogP contribution in [0.2, 0.25) is 0 Å². The van der Waals surface area contributed by atoms with Crippen molar-refractivity contribution in [2.75, 3.05) is 6.54 Å². The first kappa shape index (κ1) is 14.6. The molecular weight excluding hydrogens is 231 g/mol. The van der Waals surface area contributed by atoms with Crippen LogP contribution in [-0.2, 0) is 11.2 Å². The van der Waals surface area contributed by atoms with Crippen LogP contribution in [0.5, 0.6) is 0 Å². The lowest BCUT2D eigenvalue weighted by molar-refractivity contribution is -0.123. The molecule has 0 spiro atoms. The maximum absolute atomic E-state index is 12.7. The molecule has 18 heavy (non-hydrogen) atoms. The molecule has 0 saturated heterocycles. The van der Waals surface area contributed by atoms with E-state index in [0.29, 0.717) is 13.0 Å². The SMILES string of the molecule is CC[C@H](C)[C@H](N)C(=O)NCCc1ccc(F)cc1. The van der Waals surface area contributed by atoms with Crippen LogP contribution in [0.4, 0.5) is 4.39 Å². The number of nitrogens with two attached hydrogens (primary N) is 1. The lowest BCUT2D eigenvalue weighted by atomic mass is 9.99. The number of nitrogens with one attached hydrogen (secondary N) is 1. The van der Waals surface area contributed by atoms with E-state index in [-0.39, 0.29) is 17.6 Å². The van der Waals surface area contributed by atoms with Crippen molar-refractivity contribution in [2.24, 2.45) is 11.7 Å². The van der Waals surface area contributed by atoms with Gasteiger partial charge in [-0.25, -0.2) is 4.39 Å². The second-order valence-corrected chi connectivity index (χ2v) is 4.58. The summed E-state index contributed by atoms with van der Waals surface area (Å²) >= 11 is 0. The maximum Gasteiger partial charge on any atom is 0.237 e. The normalized spacial score (nSPS) is 14.0. The Balaban J connectivity index is 2.33. The molecule has 4 heteroatoms. The van der Waals surface area contributed by atoms with Gasteiger partial charge in [-0.05, 0) is 30.0 Å². The molecule has 1 amide bonds. The molecule has 0 aliphatic rings. The standard InChI is InChI=1S/C14H21FN2O/c1-3-10(2)13(16)14(18)17-9-8-11-4-6-12(15)7-5-11/h4-7,10,13H,3,8-9,16H2,1-2H3,(H,17,18)/t10-,13-/m0/s1. The lowest BCUT2D eigenvalue weighted by Gasteiger charge is -2.17. The third-order valence-electron chi connectivity index (χ3n) is 3.19. The molecule has 100 valence electrons. The molecule has 3 N–H and O–H groups in total. The first-order valence-corrected chi connectivity index (χ1v) is 6.32. The second-order valence-electron chi connectivity index (χ2n) is 4.58. The molecule has 0 bridgehead atoms. The molecule has 0 fully saturated rings. The van der Waals surface area contributed by atoms with Gasteiger partial charge >= 0.3 is 0 Å². The van der Waals surface area contributed by atoms with E-state index in [2.05, 4.69) is 5.32 Å². The second kappa shape index (κ2) is 7.11. The first-order chi connectivity index (χ1) is 8.54.